The molecule has 20 heavy (non-hydrogen) atoms. The van der Waals surface area contributed by atoms with E-state index in [4.69, 9.17) is 10.5 Å². The molecule has 5 nitrogen and oxygen atoms in total. The van der Waals surface area contributed by atoms with Crippen LogP contribution >= 0.6 is 0 Å². The highest BCUT2D eigenvalue weighted by molar-refractivity contribution is 5.51. The molecule has 2 aromatic rings. The Balaban J connectivity index is 2.43. The Morgan fingerprint density at radius 3 is 2.55 bits per heavy atom. The number of hydrogen-bond acceptors (Lipinski definition) is 4. The second-order valence-corrected chi connectivity index (χ2v) is 4.66. The summed E-state index contributed by atoms with van der Waals surface area (Å²) in [5.41, 5.74) is 7.44. The molecule has 0 heterocycles. The highest BCUT2D eigenvalue weighted by Crippen LogP contribution is 2.34. The Bertz CT molecular complexity index is 639. The number of para-hydroxylation sites is 1. The van der Waals surface area contributed by atoms with E-state index >= 15 is 0 Å². The van der Waals surface area contributed by atoms with Gasteiger partial charge in [-0.3, -0.25) is 10.1 Å². The van der Waals surface area contributed by atoms with E-state index in [2.05, 4.69) is 0 Å². The average Bonchev–Trinajstić information content (AvgIpc) is 2.41. The molecule has 0 bridgehead atoms. The van der Waals surface area contributed by atoms with Crippen LogP contribution in [0.1, 0.15) is 24.1 Å². The average molecular weight is 272 g/mol. The summed E-state index contributed by atoms with van der Waals surface area (Å²) < 4.78 is 5.70. The van der Waals surface area contributed by atoms with Crippen molar-refractivity contribution in [1.29, 1.82) is 0 Å². The predicted molar refractivity (Wildman–Crippen MR) is 77.0 cm³/mol. The minimum atomic E-state index is -0.448. The van der Waals surface area contributed by atoms with Gasteiger partial charge in [0.2, 0.25) is 5.75 Å². The molecular weight excluding hydrogens is 256 g/mol. The van der Waals surface area contributed by atoms with Crippen LogP contribution < -0.4 is 10.5 Å². The molecule has 0 aliphatic rings. The van der Waals surface area contributed by atoms with Crippen LogP contribution in [0.4, 0.5) is 5.69 Å². The molecule has 5 heteroatoms. The number of nitrogens with zero attached hydrogens (tertiary/aromatic N) is 1. The third kappa shape index (κ3) is 2.95. The first-order valence-corrected chi connectivity index (χ1v) is 6.26. The van der Waals surface area contributed by atoms with Crippen molar-refractivity contribution in [1.82, 2.24) is 0 Å². The van der Waals surface area contributed by atoms with Crippen molar-refractivity contribution in [3.8, 4) is 11.5 Å². The first-order chi connectivity index (χ1) is 9.49. The number of hydrogen-bond donors (Lipinski definition) is 1. The third-order valence-electron chi connectivity index (χ3n) is 2.94. The molecule has 2 N–H and O–H groups in total. The number of rotatable bonds is 4. The van der Waals surface area contributed by atoms with E-state index < -0.39 is 4.92 Å². The summed E-state index contributed by atoms with van der Waals surface area (Å²) in [5, 5.41) is 11.1. The molecule has 2 rings (SSSR count). The molecular formula is C15H16N2O3. The number of aryl methyl sites for hydroxylation is 1. The molecule has 1 atom stereocenters. The smallest absolute Gasteiger partial charge is 0.311 e. The fourth-order valence-electron chi connectivity index (χ4n) is 1.92. The monoisotopic (exact) mass is 272 g/mol. The first-order valence-electron chi connectivity index (χ1n) is 6.26. The first kappa shape index (κ1) is 14.0. The molecule has 0 saturated heterocycles. The summed E-state index contributed by atoms with van der Waals surface area (Å²) in [6, 6.07) is 11.9. The SMILES string of the molecule is Cc1ccc(Oc2ccccc2[C@H](C)N)c([N+](=O)[O-])c1. The number of ether oxygens (including phenoxy) is 1. The van der Waals surface area contributed by atoms with E-state index in [0.717, 1.165) is 11.1 Å². The number of benzene rings is 2. The lowest BCUT2D eigenvalue weighted by Crippen LogP contribution is -2.06. The molecule has 0 radical (unpaired) electrons. The lowest BCUT2D eigenvalue weighted by Gasteiger charge is -2.13. The summed E-state index contributed by atoms with van der Waals surface area (Å²) in [4.78, 5) is 10.6. The van der Waals surface area contributed by atoms with Crippen molar-refractivity contribution in [3.05, 3.63) is 63.7 Å². The van der Waals surface area contributed by atoms with Gasteiger partial charge >= 0.3 is 5.69 Å². The molecule has 0 aliphatic carbocycles. The van der Waals surface area contributed by atoms with E-state index in [1.807, 2.05) is 19.1 Å². The van der Waals surface area contributed by atoms with Crippen molar-refractivity contribution in [3.63, 3.8) is 0 Å². The zero-order valence-electron chi connectivity index (χ0n) is 11.4. The van der Waals surface area contributed by atoms with Gasteiger partial charge in [0.25, 0.3) is 0 Å². The van der Waals surface area contributed by atoms with Crippen molar-refractivity contribution in [2.24, 2.45) is 5.73 Å². The summed E-state index contributed by atoms with van der Waals surface area (Å²) in [5.74, 6) is 0.753. The normalized spacial score (nSPS) is 11.9. The highest BCUT2D eigenvalue weighted by Gasteiger charge is 2.17. The topological polar surface area (TPSA) is 78.4 Å². The zero-order chi connectivity index (χ0) is 14.7. The molecule has 0 unspecified atom stereocenters. The van der Waals surface area contributed by atoms with Crippen LogP contribution in [0.15, 0.2) is 42.5 Å². The van der Waals surface area contributed by atoms with Crippen LogP contribution in [-0.4, -0.2) is 4.92 Å². The van der Waals surface area contributed by atoms with Crippen molar-refractivity contribution < 1.29 is 9.66 Å². The number of nitrogens with two attached hydrogens (primary N) is 1. The van der Waals surface area contributed by atoms with Gasteiger partial charge in [-0.05, 0) is 31.5 Å². The van der Waals surface area contributed by atoms with Gasteiger partial charge in [0, 0.05) is 17.7 Å². The molecule has 0 amide bonds. The van der Waals surface area contributed by atoms with Crippen LogP contribution in [0.2, 0.25) is 0 Å². The second-order valence-electron chi connectivity index (χ2n) is 4.66. The maximum absolute atomic E-state index is 11.1. The van der Waals surface area contributed by atoms with Gasteiger partial charge in [-0.2, -0.15) is 0 Å². The summed E-state index contributed by atoms with van der Waals surface area (Å²) in [7, 11) is 0. The van der Waals surface area contributed by atoms with Crippen LogP contribution in [0.5, 0.6) is 11.5 Å². The molecule has 104 valence electrons. The zero-order valence-corrected chi connectivity index (χ0v) is 11.4. The molecule has 0 aliphatic heterocycles. The van der Waals surface area contributed by atoms with E-state index in [0.29, 0.717) is 5.75 Å². The van der Waals surface area contributed by atoms with Gasteiger partial charge in [-0.25, -0.2) is 0 Å². The summed E-state index contributed by atoms with van der Waals surface area (Å²) >= 11 is 0. The largest absolute Gasteiger partial charge is 0.450 e. The van der Waals surface area contributed by atoms with Crippen molar-refractivity contribution >= 4 is 5.69 Å². The highest BCUT2D eigenvalue weighted by atomic mass is 16.6. The Morgan fingerprint density at radius 2 is 1.90 bits per heavy atom. The van der Waals surface area contributed by atoms with Crippen molar-refractivity contribution in [2.45, 2.75) is 19.9 Å². The standard InChI is InChI=1S/C15H16N2O3/c1-10-7-8-15(13(9-10)17(18)19)20-14-6-4-3-5-12(14)11(2)16/h3-9,11H,16H2,1-2H3/t11-/m0/s1. The minimum absolute atomic E-state index is 0.0514. The molecule has 2 aromatic carbocycles. The van der Waals surface area contributed by atoms with Crippen LogP contribution in [0.25, 0.3) is 0 Å². The van der Waals surface area contributed by atoms with Gasteiger partial charge in [-0.15, -0.1) is 0 Å². The van der Waals surface area contributed by atoms with E-state index in [1.165, 1.54) is 6.07 Å². The molecule has 0 spiro atoms. The van der Waals surface area contributed by atoms with Crippen LogP contribution in [0.3, 0.4) is 0 Å². The summed E-state index contributed by atoms with van der Waals surface area (Å²) in [6.45, 7) is 3.64. The van der Waals surface area contributed by atoms with Crippen LogP contribution in [-0.2, 0) is 0 Å². The quantitative estimate of drug-likeness (QED) is 0.679. The lowest BCUT2D eigenvalue weighted by atomic mass is 10.1. The van der Waals surface area contributed by atoms with E-state index in [9.17, 15) is 10.1 Å². The Morgan fingerprint density at radius 1 is 1.20 bits per heavy atom. The molecule has 0 fully saturated rings. The van der Waals surface area contributed by atoms with Gasteiger partial charge in [0.15, 0.2) is 0 Å². The van der Waals surface area contributed by atoms with Crippen LogP contribution in [0, 0.1) is 17.0 Å². The predicted octanol–water partition coefficient (Wildman–Crippen LogP) is 3.72. The summed E-state index contributed by atoms with van der Waals surface area (Å²) in [6.07, 6.45) is 0. The van der Waals surface area contributed by atoms with Gasteiger partial charge in [-0.1, -0.05) is 24.3 Å². The minimum Gasteiger partial charge on any atom is -0.450 e. The van der Waals surface area contributed by atoms with E-state index in [1.54, 1.807) is 31.2 Å². The maximum atomic E-state index is 11.1. The maximum Gasteiger partial charge on any atom is 0.311 e. The molecule has 0 saturated carbocycles. The lowest BCUT2D eigenvalue weighted by molar-refractivity contribution is -0.385. The Kier molecular flexibility index (Phi) is 4.00. The van der Waals surface area contributed by atoms with Crippen molar-refractivity contribution in [2.75, 3.05) is 0 Å². The van der Waals surface area contributed by atoms with Gasteiger partial charge in [0.1, 0.15) is 5.75 Å². The Labute approximate surface area is 117 Å². The fraction of sp³-hybridized carbons (Fsp3) is 0.200. The third-order valence-corrected chi connectivity index (χ3v) is 2.94. The number of nitro benzene ring substituents is 1. The van der Waals surface area contributed by atoms with Gasteiger partial charge < -0.3 is 10.5 Å². The Hall–Kier alpha value is -2.40. The number of nitro groups is 1. The van der Waals surface area contributed by atoms with Gasteiger partial charge in [0.05, 0.1) is 4.92 Å². The fourth-order valence-corrected chi connectivity index (χ4v) is 1.92. The second kappa shape index (κ2) is 5.71. The molecule has 0 aromatic heterocycles. The van der Waals surface area contributed by atoms with E-state index in [-0.39, 0.29) is 17.5 Å².